The number of benzene rings is 1. The van der Waals surface area contributed by atoms with Crippen molar-refractivity contribution >= 4 is 23.4 Å². The minimum atomic E-state index is -0.961. The highest BCUT2D eigenvalue weighted by atomic mass is 35.5. The summed E-state index contributed by atoms with van der Waals surface area (Å²) in [6.45, 7) is 0. The molecule has 3 rings (SSSR count). The van der Waals surface area contributed by atoms with Crippen LogP contribution in [0.5, 0.6) is 0 Å². The van der Waals surface area contributed by atoms with Crippen LogP contribution in [-0.2, 0) is 14.4 Å². The van der Waals surface area contributed by atoms with Crippen molar-refractivity contribution in [1.82, 2.24) is 10.8 Å². The van der Waals surface area contributed by atoms with Gasteiger partial charge in [-0.15, -0.1) is 0 Å². The molecule has 100 valence electrons. The van der Waals surface area contributed by atoms with Crippen LogP contribution in [0.25, 0.3) is 0 Å². The van der Waals surface area contributed by atoms with Crippen molar-refractivity contribution in [3.63, 3.8) is 0 Å². The summed E-state index contributed by atoms with van der Waals surface area (Å²) in [6.07, 6.45) is 1.16. The number of nitrogens with one attached hydrogen (secondary N) is 2. The van der Waals surface area contributed by atoms with Crippen LogP contribution in [0.2, 0.25) is 5.02 Å². The maximum Gasteiger partial charge on any atom is 0.261 e. The lowest BCUT2D eigenvalue weighted by atomic mass is 9.86. The molecule has 0 aromatic heterocycles. The van der Waals surface area contributed by atoms with Crippen LogP contribution < -0.4 is 10.8 Å². The SMILES string of the molecule is O=C1CC[C@]2(CC(c3ccccc3Cl)NO2)C(=O)N1. The Hall–Kier alpha value is -1.43. The summed E-state index contributed by atoms with van der Waals surface area (Å²) >= 11 is 6.14. The molecule has 1 aromatic carbocycles. The first-order chi connectivity index (χ1) is 9.11. The van der Waals surface area contributed by atoms with Gasteiger partial charge in [0.15, 0.2) is 5.60 Å². The Labute approximate surface area is 115 Å². The van der Waals surface area contributed by atoms with Gasteiger partial charge in [-0.2, -0.15) is 5.48 Å². The van der Waals surface area contributed by atoms with E-state index in [1.807, 2.05) is 18.2 Å². The summed E-state index contributed by atoms with van der Waals surface area (Å²) in [7, 11) is 0. The highest BCUT2D eigenvalue weighted by molar-refractivity contribution is 6.31. The maximum atomic E-state index is 12.0. The molecule has 1 aromatic rings. The molecule has 2 fully saturated rings. The van der Waals surface area contributed by atoms with Crippen LogP contribution in [0.3, 0.4) is 0 Å². The monoisotopic (exact) mass is 280 g/mol. The minimum absolute atomic E-state index is 0.146. The Bertz CT molecular complexity index is 548. The van der Waals surface area contributed by atoms with E-state index in [0.29, 0.717) is 24.3 Å². The molecule has 1 spiro atoms. The molecule has 2 aliphatic rings. The molecule has 0 aliphatic carbocycles. The fraction of sp³-hybridized carbons (Fsp3) is 0.385. The lowest BCUT2D eigenvalue weighted by Crippen LogP contribution is -2.53. The van der Waals surface area contributed by atoms with Gasteiger partial charge >= 0.3 is 0 Å². The first-order valence-electron chi connectivity index (χ1n) is 6.13. The standard InChI is InChI=1S/C13H13ClN2O3/c14-9-4-2-1-3-8(9)10-7-13(19-16-10)6-5-11(17)15-12(13)18/h1-4,10,16H,5-7H2,(H,15,17,18)/t10?,13-/m0/s1. The lowest BCUT2D eigenvalue weighted by molar-refractivity contribution is -0.157. The molecule has 19 heavy (non-hydrogen) atoms. The Morgan fingerprint density at radius 2 is 2.11 bits per heavy atom. The fourth-order valence-corrected chi connectivity index (χ4v) is 2.82. The summed E-state index contributed by atoms with van der Waals surface area (Å²) in [4.78, 5) is 28.6. The normalized spacial score (nSPS) is 30.7. The molecule has 2 heterocycles. The van der Waals surface area contributed by atoms with Gasteiger partial charge < -0.3 is 0 Å². The van der Waals surface area contributed by atoms with Gasteiger partial charge in [-0.05, 0) is 18.1 Å². The largest absolute Gasteiger partial charge is 0.294 e. The number of carbonyl (C=O) groups is 2. The highest BCUT2D eigenvalue weighted by Crippen LogP contribution is 2.39. The summed E-state index contributed by atoms with van der Waals surface area (Å²) < 4.78 is 0. The third kappa shape index (κ3) is 2.14. The highest BCUT2D eigenvalue weighted by Gasteiger charge is 2.50. The number of imide groups is 1. The third-order valence-electron chi connectivity index (χ3n) is 3.63. The van der Waals surface area contributed by atoms with Crippen molar-refractivity contribution in [3.8, 4) is 0 Å². The molecule has 2 aliphatic heterocycles. The number of rotatable bonds is 1. The zero-order chi connectivity index (χ0) is 13.5. The molecular formula is C13H13ClN2O3. The first-order valence-corrected chi connectivity index (χ1v) is 6.51. The predicted octanol–water partition coefficient (Wildman–Crippen LogP) is 1.48. The molecule has 2 saturated heterocycles. The van der Waals surface area contributed by atoms with Gasteiger partial charge in [-0.25, -0.2) is 0 Å². The topological polar surface area (TPSA) is 67.4 Å². The van der Waals surface area contributed by atoms with E-state index in [-0.39, 0.29) is 17.9 Å². The molecule has 2 atom stereocenters. The quantitative estimate of drug-likeness (QED) is 0.765. The van der Waals surface area contributed by atoms with E-state index in [9.17, 15) is 9.59 Å². The Balaban J connectivity index is 1.82. The third-order valence-corrected chi connectivity index (χ3v) is 3.98. The maximum absolute atomic E-state index is 12.0. The second-order valence-electron chi connectivity index (χ2n) is 4.87. The van der Waals surface area contributed by atoms with E-state index >= 15 is 0 Å². The summed E-state index contributed by atoms with van der Waals surface area (Å²) in [6, 6.07) is 7.29. The number of hydrogen-bond donors (Lipinski definition) is 2. The van der Waals surface area contributed by atoms with Gasteiger partial charge in [-0.1, -0.05) is 29.8 Å². The second kappa shape index (κ2) is 4.59. The second-order valence-corrected chi connectivity index (χ2v) is 5.28. The predicted molar refractivity (Wildman–Crippen MR) is 68.1 cm³/mol. The average Bonchev–Trinajstić information content (AvgIpc) is 2.81. The number of hydroxylamine groups is 1. The Morgan fingerprint density at radius 1 is 1.32 bits per heavy atom. The molecule has 2 amide bonds. The van der Waals surface area contributed by atoms with E-state index in [0.717, 1.165) is 5.56 Å². The number of piperidine rings is 1. The van der Waals surface area contributed by atoms with E-state index < -0.39 is 5.60 Å². The number of carbonyl (C=O) groups excluding carboxylic acids is 2. The van der Waals surface area contributed by atoms with Crippen LogP contribution in [0.15, 0.2) is 24.3 Å². The number of halogens is 1. The molecule has 0 bridgehead atoms. The van der Waals surface area contributed by atoms with Crippen LogP contribution in [-0.4, -0.2) is 17.4 Å². The molecule has 0 radical (unpaired) electrons. The zero-order valence-corrected chi connectivity index (χ0v) is 10.9. The van der Waals surface area contributed by atoms with Gasteiger partial charge in [0.25, 0.3) is 5.91 Å². The van der Waals surface area contributed by atoms with Crippen molar-refractivity contribution in [1.29, 1.82) is 0 Å². The van der Waals surface area contributed by atoms with Crippen molar-refractivity contribution in [2.75, 3.05) is 0 Å². The van der Waals surface area contributed by atoms with Crippen LogP contribution in [0.1, 0.15) is 30.9 Å². The van der Waals surface area contributed by atoms with E-state index in [2.05, 4.69) is 10.8 Å². The molecule has 5 nitrogen and oxygen atoms in total. The van der Waals surface area contributed by atoms with E-state index in [1.54, 1.807) is 6.07 Å². The van der Waals surface area contributed by atoms with Crippen molar-refractivity contribution in [2.45, 2.75) is 30.9 Å². The van der Waals surface area contributed by atoms with Gasteiger partial charge in [0, 0.05) is 17.9 Å². The minimum Gasteiger partial charge on any atom is -0.294 e. The molecule has 1 unspecified atom stereocenters. The van der Waals surface area contributed by atoms with E-state index in [4.69, 9.17) is 16.4 Å². The average molecular weight is 281 g/mol. The smallest absolute Gasteiger partial charge is 0.261 e. The first kappa shape index (κ1) is 12.6. The van der Waals surface area contributed by atoms with Crippen LogP contribution in [0.4, 0.5) is 0 Å². The summed E-state index contributed by atoms with van der Waals surface area (Å²) in [5.41, 5.74) is 2.80. The van der Waals surface area contributed by atoms with Gasteiger partial charge in [0.05, 0.1) is 6.04 Å². The van der Waals surface area contributed by atoms with E-state index in [1.165, 1.54) is 0 Å². The zero-order valence-electron chi connectivity index (χ0n) is 10.1. The van der Waals surface area contributed by atoms with Crippen LogP contribution in [0, 0.1) is 0 Å². The Kier molecular flexibility index (Phi) is 3.05. The number of amides is 2. The van der Waals surface area contributed by atoms with Crippen molar-refractivity contribution in [2.24, 2.45) is 0 Å². The van der Waals surface area contributed by atoms with Gasteiger partial charge in [-0.3, -0.25) is 19.7 Å². The molecule has 2 N–H and O–H groups in total. The fourth-order valence-electron chi connectivity index (χ4n) is 2.55. The molecule has 0 saturated carbocycles. The molecule has 6 heteroatoms. The van der Waals surface area contributed by atoms with Crippen molar-refractivity contribution < 1.29 is 14.4 Å². The number of hydrogen-bond acceptors (Lipinski definition) is 4. The van der Waals surface area contributed by atoms with Crippen LogP contribution >= 0.6 is 11.6 Å². The lowest BCUT2D eigenvalue weighted by Gasteiger charge is -2.28. The summed E-state index contributed by atoms with van der Waals surface area (Å²) in [5.74, 6) is -0.619. The molecular weight excluding hydrogens is 268 g/mol. The van der Waals surface area contributed by atoms with Crippen molar-refractivity contribution in [3.05, 3.63) is 34.9 Å². The summed E-state index contributed by atoms with van der Waals surface area (Å²) in [5, 5.41) is 2.96. The van der Waals surface area contributed by atoms with Gasteiger partial charge in [0.2, 0.25) is 5.91 Å². The van der Waals surface area contributed by atoms with Gasteiger partial charge in [0.1, 0.15) is 0 Å². The Morgan fingerprint density at radius 3 is 2.84 bits per heavy atom.